The SMILES string of the molecule is CC(C)(C)OC(=O)Nc1ncc(C=CCCN=[N+]=[N-])s1. The fourth-order valence-electron chi connectivity index (χ4n) is 1.19. The predicted molar refractivity (Wildman–Crippen MR) is 79.6 cm³/mol. The van der Waals surface area contributed by atoms with Crippen molar-refractivity contribution in [1.29, 1.82) is 0 Å². The lowest BCUT2D eigenvalue weighted by Crippen LogP contribution is -2.27. The van der Waals surface area contributed by atoms with E-state index in [1.54, 1.807) is 27.0 Å². The number of hydrogen-bond acceptors (Lipinski definition) is 5. The molecule has 1 rings (SSSR count). The summed E-state index contributed by atoms with van der Waals surface area (Å²) < 4.78 is 5.13. The number of nitrogens with one attached hydrogen (secondary N) is 1. The molecule has 0 unspecified atom stereocenters. The Labute approximate surface area is 121 Å². The van der Waals surface area contributed by atoms with Crippen molar-refractivity contribution in [2.75, 3.05) is 11.9 Å². The zero-order valence-electron chi connectivity index (χ0n) is 11.7. The van der Waals surface area contributed by atoms with Crippen LogP contribution in [-0.2, 0) is 4.74 Å². The van der Waals surface area contributed by atoms with Crippen LogP contribution in [0.5, 0.6) is 0 Å². The van der Waals surface area contributed by atoms with E-state index >= 15 is 0 Å². The summed E-state index contributed by atoms with van der Waals surface area (Å²) in [6.07, 6.45) is 5.55. The Bertz CT molecular complexity index is 526. The molecule has 1 aromatic rings. The summed E-state index contributed by atoms with van der Waals surface area (Å²) in [7, 11) is 0. The minimum absolute atomic E-state index is 0.425. The number of azide groups is 1. The van der Waals surface area contributed by atoms with Gasteiger partial charge >= 0.3 is 6.09 Å². The van der Waals surface area contributed by atoms with Crippen LogP contribution in [0, 0.1) is 0 Å². The lowest BCUT2D eigenvalue weighted by Gasteiger charge is -2.18. The highest BCUT2D eigenvalue weighted by molar-refractivity contribution is 7.16. The van der Waals surface area contributed by atoms with Crippen molar-refractivity contribution in [2.24, 2.45) is 5.11 Å². The van der Waals surface area contributed by atoms with Gasteiger partial charge in [0.2, 0.25) is 0 Å². The van der Waals surface area contributed by atoms with Crippen LogP contribution in [0.15, 0.2) is 17.4 Å². The van der Waals surface area contributed by atoms with Crippen LogP contribution >= 0.6 is 11.3 Å². The molecule has 108 valence electrons. The molecule has 0 aliphatic rings. The Kier molecular flexibility index (Phi) is 6.02. The number of anilines is 1. The van der Waals surface area contributed by atoms with E-state index in [0.29, 0.717) is 18.1 Å². The van der Waals surface area contributed by atoms with Crippen molar-refractivity contribution in [2.45, 2.75) is 32.8 Å². The minimum Gasteiger partial charge on any atom is -0.444 e. The van der Waals surface area contributed by atoms with Crippen LogP contribution in [-0.4, -0.2) is 23.2 Å². The maximum atomic E-state index is 11.5. The molecular formula is C12H17N5O2S. The second-order valence-corrected chi connectivity index (χ2v) is 5.90. The van der Waals surface area contributed by atoms with Gasteiger partial charge in [-0.2, -0.15) is 0 Å². The molecule has 8 heteroatoms. The van der Waals surface area contributed by atoms with Gasteiger partial charge in [-0.15, -0.1) is 0 Å². The molecule has 0 fully saturated rings. The van der Waals surface area contributed by atoms with Gasteiger partial charge in [0, 0.05) is 22.5 Å². The lowest BCUT2D eigenvalue weighted by atomic mass is 10.2. The third-order valence-corrected chi connectivity index (χ3v) is 2.75. The molecule has 0 aliphatic heterocycles. The van der Waals surface area contributed by atoms with Crippen molar-refractivity contribution < 1.29 is 9.53 Å². The molecule has 1 heterocycles. The van der Waals surface area contributed by atoms with E-state index in [0.717, 1.165) is 4.88 Å². The highest BCUT2D eigenvalue weighted by Crippen LogP contribution is 2.20. The van der Waals surface area contributed by atoms with Gasteiger partial charge in [0.05, 0.1) is 0 Å². The van der Waals surface area contributed by atoms with E-state index in [9.17, 15) is 4.79 Å². The number of carbonyl (C=O) groups is 1. The Hall–Kier alpha value is -2.05. The van der Waals surface area contributed by atoms with Crippen molar-refractivity contribution >= 4 is 28.6 Å². The van der Waals surface area contributed by atoms with E-state index < -0.39 is 11.7 Å². The zero-order valence-corrected chi connectivity index (χ0v) is 12.5. The van der Waals surface area contributed by atoms with Gasteiger partial charge in [-0.1, -0.05) is 22.5 Å². The van der Waals surface area contributed by atoms with Gasteiger partial charge in [0.15, 0.2) is 5.13 Å². The van der Waals surface area contributed by atoms with Crippen LogP contribution < -0.4 is 5.32 Å². The van der Waals surface area contributed by atoms with Gasteiger partial charge < -0.3 is 4.74 Å². The van der Waals surface area contributed by atoms with Crippen LogP contribution in [0.25, 0.3) is 16.5 Å². The predicted octanol–water partition coefficient (Wildman–Crippen LogP) is 4.20. The Balaban J connectivity index is 2.47. The maximum Gasteiger partial charge on any atom is 0.413 e. The fourth-order valence-corrected chi connectivity index (χ4v) is 1.92. The summed E-state index contributed by atoms with van der Waals surface area (Å²) in [4.78, 5) is 19.2. The molecule has 0 aliphatic carbocycles. The van der Waals surface area contributed by atoms with Gasteiger partial charge in [-0.3, -0.25) is 5.32 Å². The van der Waals surface area contributed by atoms with Crippen LogP contribution in [0.1, 0.15) is 32.1 Å². The van der Waals surface area contributed by atoms with Gasteiger partial charge in [-0.05, 0) is 38.8 Å². The first-order chi connectivity index (χ1) is 9.40. The Morgan fingerprint density at radius 3 is 3.05 bits per heavy atom. The quantitative estimate of drug-likeness (QED) is 0.381. The van der Waals surface area contributed by atoms with Crippen molar-refractivity contribution in [3.05, 3.63) is 27.6 Å². The highest BCUT2D eigenvalue weighted by atomic mass is 32.1. The Morgan fingerprint density at radius 2 is 2.40 bits per heavy atom. The Morgan fingerprint density at radius 1 is 1.65 bits per heavy atom. The van der Waals surface area contributed by atoms with Crippen LogP contribution in [0.3, 0.4) is 0 Å². The molecular weight excluding hydrogens is 278 g/mol. The second kappa shape index (κ2) is 7.52. The first kappa shape index (κ1) is 16.0. The fraction of sp³-hybridized carbons (Fsp3) is 0.500. The highest BCUT2D eigenvalue weighted by Gasteiger charge is 2.16. The number of thiazole rings is 1. The normalized spacial score (nSPS) is 11.2. The molecule has 0 aromatic carbocycles. The molecule has 0 atom stereocenters. The average Bonchev–Trinajstić information content (AvgIpc) is 2.74. The van der Waals surface area contributed by atoms with Crippen LogP contribution in [0.2, 0.25) is 0 Å². The van der Waals surface area contributed by atoms with E-state index in [-0.39, 0.29) is 0 Å². The number of aromatic nitrogens is 1. The molecule has 7 nitrogen and oxygen atoms in total. The third kappa shape index (κ3) is 6.77. The first-order valence-electron chi connectivity index (χ1n) is 6.04. The molecule has 0 spiro atoms. The van der Waals surface area contributed by atoms with Crippen LogP contribution in [0.4, 0.5) is 9.93 Å². The summed E-state index contributed by atoms with van der Waals surface area (Å²) in [6.45, 7) is 5.82. The van der Waals surface area contributed by atoms with Gasteiger partial charge in [0.1, 0.15) is 5.60 Å². The summed E-state index contributed by atoms with van der Waals surface area (Å²) >= 11 is 1.34. The van der Waals surface area contributed by atoms with E-state index in [4.69, 9.17) is 10.3 Å². The first-order valence-corrected chi connectivity index (χ1v) is 6.85. The molecule has 1 amide bonds. The van der Waals surface area contributed by atoms with Crippen molar-refractivity contribution in [1.82, 2.24) is 4.98 Å². The van der Waals surface area contributed by atoms with E-state index in [1.807, 2.05) is 12.2 Å². The smallest absolute Gasteiger partial charge is 0.413 e. The number of carbonyl (C=O) groups excluding carboxylic acids is 1. The number of amides is 1. The average molecular weight is 295 g/mol. The molecule has 1 N–H and O–H groups in total. The molecule has 0 saturated heterocycles. The number of hydrogen-bond donors (Lipinski definition) is 1. The van der Waals surface area contributed by atoms with Crippen molar-refractivity contribution in [3.8, 4) is 0 Å². The molecule has 0 saturated carbocycles. The van der Waals surface area contributed by atoms with E-state index in [1.165, 1.54) is 11.3 Å². The minimum atomic E-state index is -0.536. The third-order valence-electron chi connectivity index (χ3n) is 1.87. The molecule has 0 bridgehead atoms. The molecule has 1 aromatic heterocycles. The van der Waals surface area contributed by atoms with Gasteiger partial charge in [0.25, 0.3) is 0 Å². The largest absolute Gasteiger partial charge is 0.444 e. The number of ether oxygens (including phenoxy) is 1. The molecule has 0 radical (unpaired) electrons. The molecule has 20 heavy (non-hydrogen) atoms. The maximum absolute atomic E-state index is 11.5. The monoisotopic (exact) mass is 295 g/mol. The van der Waals surface area contributed by atoms with Gasteiger partial charge in [-0.25, -0.2) is 9.78 Å². The summed E-state index contributed by atoms with van der Waals surface area (Å²) in [5, 5.41) is 6.48. The van der Waals surface area contributed by atoms with E-state index in [2.05, 4.69) is 20.3 Å². The number of nitrogens with zero attached hydrogens (tertiary/aromatic N) is 4. The summed E-state index contributed by atoms with van der Waals surface area (Å²) in [5.41, 5.74) is 7.59. The summed E-state index contributed by atoms with van der Waals surface area (Å²) in [6, 6.07) is 0. The second-order valence-electron chi connectivity index (χ2n) is 4.84. The lowest BCUT2D eigenvalue weighted by molar-refractivity contribution is 0.0636. The number of rotatable bonds is 5. The topological polar surface area (TPSA) is 100.0 Å². The summed E-state index contributed by atoms with van der Waals surface area (Å²) in [5.74, 6) is 0. The van der Waals surface area contributed by atoms with Crippen molar-refractivity contribution in [3.63, 3.8) is 0 Å². The zero-order chi connectivity index (χ0) is 15.0. The standard InChI is InChI=1S/C12H17N5O2S/c1-12(2,3)19-11(18)16-10-14-8-9(20-10)6-4-5-7-15-17-13/h4,6,8H,5,7H2,1-3H3,(H,14,16,18).